The summed E-state index contributed by atoms with van der Waals surface area (Å²) >= 11 is 1.79. The van der Waals surface area contributed by atoms with Crippen molar-refractivity contribution in [1.82, 2.24) is 5.43 Å². The minimum atomic E-state index is 0.440. The fraction of sp³-hybridized carbons (Fsp3) is 0.375. The molecule has 0 radical (unpaired) electrons. The first-order valence-electron chi connectivity index (χ1n) is 3.68. The molecule has 2 rings (SSSR count). The first kappa shape index (κ1) is 6.85. The van der Waals surface area contributed by atoms with Crippen LogP contribution in [0.2, 0.25) is 0 Å². The van der Waals surface area contributed by atoms with Gasteiger partial charge in [-0.05, 0) is 18.4 Å². The zero-order valence-corrected chi connectivity index (χ0v) is 7.19. The van der Waals surface area contributed by atoms with Gasteiger partial charge in [-0.1, -0.05) is 6.07 Å². The van der Waals surface area contributed by atoms with Gasteiger partial charge in [-0.15, -0.1) is 11.3 Å². The van der Waals surface area contributed by atoms with Crippen molar-refractivity contribution >= 4 is 17.0 Å². The van der Waals surface area contributed by atoms with Crippen LogP contribution in [0.15, 0.2) is 22.6 Å². The fourth-order valence-corrected chi connectivity index (χ4v) is 2.00. The Morgan fingerprint density at radius 1 is 1.73 bits per heavy atom. The van der Waals surface area contributed by atoms with E-state index in [1.165, 1.54) is 10.6 Å². The van der Waals surface area contributed by atoms with Crippen molar-refractivity contribution < 1.29 is 0 Å². The molecule has 0 fully saturated rings. The van der Waals surface area contributed by atoms with Crippen LogP contribution in [0.4, 0.5) is 0 Å². The molecule has 1 aliphatic rings. The molecule has 0 aliphatic carbocycles. The van der Waals surface area contributed by atoms with Gasteiger partial charge in [0.1, 0.15) is 0 Å². The molecule has 3 heteroatoms. The highest BCUT2D eigenvalue weighted by molar-refractivity contribution is 7.10. The monoisotopic (exact) mass is 166 g/mol. The van der Waals surface area contributed by atoms with Crippen LogP contribution in [-0.2, 0) is 0 Å². The maximum atomic E-state index is 4.15. The fourth-order valence-electron chi connectivity index (χ4n) is 1.23. The first-order valence-corrected chi connectivity index (χ1v) is 4.56. The Bertz CT molecular complexity index is 264. The second-order valence-electron chi connectivity index (χ2n) is 2.75. The summed E-state index contributed by atoms with van der Waals surface area (Å²) in [4.78, 5) is 1.38. The lowest BCUT2D eigenvalue weighted by Gasteiger charge is -2.04. The molecule has 0 saturated heterocycles. The summed E-state index contributed by atoms with van der Waals surface area (Å²) in [6, 6.07) is 4.67. The van der Waals surface area contributed by atoms with E-state index in [0.29, 0.717) is 6.04 Å². The molecule has 0 bridgehead atoms. The molecule has 58 valence electrons. The second-order valence-corrected chi connectivity index (χ2v) is 3.73. The normalized spacial score (nSPS) is 23.0. The van der Waals surface area contributed by atoms with Gasteiger partial charge >= 0.3 is 0 Å². The smallest absolute Gasteiger partial charge is 0.0834 e. The van der Waals surface area contributed by atoms with Crippen LogP contribution >= 0.6 is 11.3 Å². The lowest BCUT2D eigenvalue weighted by atomic mass is 10.1. The minimum Gasteiger partial charge on any atom is -0.301 e. The van der Waals surface area contributed by atoms with E-state index in [-0.39, 0.29) is 0 Å². The van der Waals surface area contributed by atoms with Crippen LogP contribution in [0.3, 0.4) is 0 Å². The van der Waals surface area contributed by atoms with E-state index in [1.54, 1.807) is 11.3 Å². The van der Waals surface area contributed by atoms with Crippen molar-refractivity contribution in [3.63, 3.8) is 0 Å². The summed E-state index contributed by atoms with van der Waals surface area (Å²) in [6.45, 7) is 2.06. The summed E-state index contributed by atoms with van der Waals surface area (Å²) in [6.07, 6.45) is 1.06. The summed E-state index contributed by atoms with van der Waals surface area (Å²) in [7, 11) is 0. The molecule has 0 spiro atoms. The van der Waals surface area contributed by atoms with Crippen LogP contribution < -0.4 is 5.43 Å². The van der Waals surface area contributed by atoms with Crippen LogP contribution in [0.25, 0.3) is 0 Å². The second kappa shape index (κ2) is 2.66. The largest absolute Gasteiger partial charge is 0.301 e. The lowest BCUT2D eigenvalue weighted by molar-refractivity contribution is 0.630. The van der Waals surface area contributed by atoms with E-state index in [9.17, 15) is 0 Å². The number of thiophene rings is 1. The van der Waals surface area contributed by atoms with Gasteiger partial charge < -0.3 is 5.43 Å². The SMILES string of the molecule is CC1=NNC(c2cccs2)C1. The van der Waals surface area contributed by atoms with E-state index >= 15 is 0 Å². The molecule has 0 saturated carbocycles. The highest BCUT2D eigenvalue weighted by Crippen LogP contribution is 2.25. The average molecular weight is 166 g/mol. The Labute approximate surface area is 69.9 Å². The van der Waals surface area contributed by atoms with Crippen molar-refractivity contribution in [2.24, 2.45) is 5.10 Å². The summed E-state index contributed by atoms with van der Waals surface area (Å²) in [5.41, 5.74) is 4.30. The Morgan fingerprint density at radius 3 is 3.18 bits per heavy atom. The van der Waals surface area contributed by atoms with Crippen molar-refractivity contribution in [3.05, 3.63) is 22.4 Å². The molecule has 2 heterocycles. The zero-order chi connectivity index (χ0) is 7.68. The van der Waals surface area contributed by atoms with Crippen molar-refractivity contribution in [2.75, 3.05) is 0 Å². The highest BCUT2D eigenvalue weighted by Gasteiger charge is 2.17. The molecule has 1 aromatic rings. The Morgan fingerprint density at radius 2 is 2.64 bits per heavy atom. The van der Waals surface area contributed by atoms with Gasteiger partial charge in [0.05, 0.1) is 6.04 Å². The van der Waals surface area contributed by atoms with Crippen molar-refractivity contribution in [3.8, 4) is 0 Å². The quantitative estimate of drug-likeness (QED) is 0.679. The van der Waals surface area contributed by atoms with E-state index < -0.39 is 0 Å². The van der Waals surface area contributed by atoms with Crippen molar-refractivity contribution in [1.29, 1.82) is 0 Å². The molecule has 1 unspecified atom stereocenters. The third kappa shape index (κ3) is 1.28. The Hall–Kier alpha value is -0.830. The molecule has 11 heavy (non-hydrogen) atoms. The highest BCUT2D eigenvalue weighted by atomic mass is 32.1. The average Bonchev–Trinajstić information content (AvgIpc) is 2.55. The Kier molecular flexibility index (Phi) is 1.66. The summed E-state index contributed by atoms with van der Waals surface area (Å²) < 4.78 is 0. The zero-order valence-electron chi connectivity index (χ0n) is 6.37. The van der Waals surface area contributed by atoms with Gasteiger partial charge in [0, 0.05) is 17.0 Å². The maximum Gasteiger partial charge on any atom is 0.0834 e. The van der Waals surface area contributed by atoms with Crippen LogP contribution in [0.1, 0.15) is 24.3 Å². The molecule has 1 aliphatic heterocycles. The van der Waals surface area contributed by atoms with Gasteiger partial charge in [-0.25, -0.2) is 0 Å². The standard InChI is InChI=1S/C8H10N2S/c1-6-5-7(10-9-6)8-3-2-4-11-8/h2-4,7,10H,5H2,1H3. The first-order chi connectivity index (χ1) is 5.36. The molecular formula is C8H10N2S. The molecule has 1 aromatic heterocycles. The predicted molar refractivity (Wildman–Crippen MR) is 47.9 cm³/mol. The van der Waals surface area contributed by atoms with Gasteiger partial charge in [0.25, 0.3) is 0 Å². The van der Waals surface area contributed by atoms with E-state index in [4.69, 9.17) is 0 Å². The lowest BCUT2D eigenvalue weighted by Crippen LogP contribution is -2.07. The summed E-state index contributed by atoms with van der Waals surface area (Å²) in [5, 5.41) is 6.25. The number of rotatable bonds is 1. The number of hydrogen-bond donors (Lipinski definition) is 1. The number of hydrazone groups is 1. The van der Waals surface area contributed by atoms with Gasteiger partial charge in [0.15, 0.2) is 0 Å². The molecule has 2 nitrogen and oxygen atoms in total. The van der Waals surface area contributed by atoms with Crippen LogP contribution in [0.5, 0.6) is 0 Å². The third-order valence-electron chi connectivity index (χ3n) is 1.80. The topological polar surface area (TPSA) is 24.4 Å². The molecule has 1 atom stereocenters. The van der Waals surface area contributed by atoms with Crippen molar-refractivity contribution in [2.45, 2.75) is 19.4 Å². The molecule has 0 amide bonds. The Balaban J connectivity index is 2.11. The number of nitrogens with one attached hydrogen (secondary N) is 1. The third-order valence-corrected chi connectivity index (χ3v) is 2.78. The molecular weight excluding hydrogens is 156 g/mol. The van der Waals surface area contributed by atoms with E-state index in [2.05, 4.69) is 35.0 Å². The van der Waals surface area contributed by atoms with Crippen LogP contribution in [-0.4, -0.2) is 5.71 Å². The van der Waals surface area contributed by atoms with E-state index in [1.807, 2.05) is 0 Å². The van der Waals surface area contributed by atoms with E-state index in [0.717, 1.165) is 6.42 Å². The predicted octanol–water partition coefficient (Wildman–Crippen LogP) is 2.16. The van der Waals surface area contributed by atoms with Gasteiger partial charge in [0.2, 0.25) is 0 Å². The number of nitrogens with zero attached hydrogens (tertiary/aromatic N) is 1. The molecule has 0 aromatic carbocycles. The van der Waals surface area contributed by atoms with Crippen LogP contribution in [0, 0.1) is 0 Å². The maximum absolute atomic E-state index is 4.15. The summed E-state index contributed by atoms with van der Waals surface area (Å²) in [5.74, 6) is 0. The molecule has 1 N–H and O–H groups in total. The minimum absolute atomic E-state index is 0.440. The number of hydrogen-bond acceptors (Lipinski definition) is 3. The van der Waals surface area contributed by atoms with Gasteiger partial charge in [-0.2, -0.15) is 5.10 Å². The van der Waals surface area contributed by atoms with Gasteiger partial charge in [-0.3, -0.25) is 0 Å².